The van der Waals surface area contributed by atoms with Gasteiger partial charge in [0.2, 0.25) is 0 Å². The molecule has 1 heterocycles. The van der Waals surface area contributed by atoms with Crippen LogP contribution in [0.4, 0.5) is 5.00 Å². The van der Waals surface area contributed by atoms with E-state index in [9.17, 15) is 0 Å². The number of nitrogens with two attached hydrogens (primary N) is 1. The molecule has 25 heavy (non-hydrogen) atoms. The fraction of sp³-hybridized carbons (Fsp3) is 0.350. The second-order valence-corrected chi connectivity index (χ2v) is 6.92. The van der Waals surface area contributed by atoms with Crippen LogP contribution in [0.25, 0.3) is 0 Å². The first-order valence-electron chi connectivity index (χ1n) is 8.74. The molecule has 1 aromatic heterocycles. The van der Waals surface area contributed by atoms with Crippen LogP contribution in [0.2, 0.25) is 0 Å². The Kier molecular flexibility index (Phi) is 7.70. The van der Waals surface area contributed by atoms with Crippen molar-refractivity contribution in [2.45, 2.75) is 26.8 Å². The number of benzene rings is 1. The van der Waals surface area contributed by atoms with Gasteiger partial charge in [0.25, 0.3) is 0 Å². The molecule has 0 atom stereocenters. The van der Waals surface area contributed by atoms with Crippen LogP contribution in [-0.4, -0.2) is 30.4 Å². The lowest BCUT2D eigenvalue weighted by Crippen LogP contribution is -2.26. The topological polar surface area (TPSA) is 53.6 Å². The second-order valence-electron chi connectivity index (χ2n) is 5.78. The zero-order chi connectivity index (χ0) is 18.1. The number of anilines is 1. The largest absolute Gasteiger partial charge is 0.383 e. The van der Waals surface area contributed by atoms with Gasteiger partial charge in [-0.2, -0.15) is 0 Å². The molecule has 0 aliphatic heterocycles. The molecular weight excluding hydrogens is 328 g/mol. The molecule has 0 saturated heterocycles. The number of hydrogen-bond donors (Lipinski definition) is 2. The summed E-state index contributed by atoms with van der Waals surface area (Å²) in [5.41, 5.74) is 8.54. The van der Waals surface area contributed by atoms with Crippen LogP contribution >= 0.6 is 11.3 Å². The summed E-state index contributed by atoms with van der Waals surface area (Å²) in [6, 6.07) is 12.6. The molecule has 0 bridgehead atoms. The maximum atomic E-state index is 6.24. The van der Waals surface area contributed by atoms with Gasteiger partial charge in [0.05, 0.1) is 12.1 Å². The number of rotatable bonds is 10. The molecule has 0 fully saturated rings. The molecule has 2 rings (SSSR count). The number of nitrogens with one attached hydrogen (secondary N) is 1. The zero-order valence-electron chi connectivity index (χ0n) is 15.2. The van der Waals surface area contributed by atoms with Crippen molar-refractivity contribution < 1.29 is 0 Å². The highest BCUT2D eigenvalue weighted by atomic mass is 32.1. The van der Waals surface area contributed by atoms with Crippen LogP contribution in [0.3, 0.4) is 0 Å². The first-order chi connectivity index (χ1) is 12.2. The molecular formula is C20H28N4S. The lowest BCUT2D eigenvalue weighted by Gasteiger charge is -2.19. The van der Waals surface area contributed by atoms with Gasteiger partial charge in [-0.3, -0.25) is 9.89 Å². The predicted octanol–water partition coefficient (Wildman–Crippen LogP) is 4.09. The van der Waals surface area contributed by atoms with E-state index < -0.39 is 0 Å². The summed E-state index contributed by atoms with van der Waals surface area (Å²) in [4.78, 5) is 8.26. The summed E-state index contributed by atoms with van der Waals surface area (Å²) in [6.45, 7) is 11.6. The Morgan fingerprint density at radius 1 is 1.32 bits per heavy atom. The Hall–Kier alpha value is -2.11. The molecule has 0 aliphatic rings. The molecule has 0 amide bonds. The van der Waals surface area contributed by atoms with Crippen molar-refractivity contribution in [3.8, 4) is 0 Å². The Labute approximate surface area is 155 Å². The number of amidine groups is 1. The third-order valence-corrected chi connectivity index (χ3v) is 5.25. The first kappa shape index (κ1) is 19.2. The average Bonchev–Trinajstić information content (AvgIpc) is 3.05. The van der Waals surface area contributed by atoms with Crippen molar-refractivity contribution in [3.63, 3.8) is 0 Å². The van der Waals surface area contributed by atoms with Crippen LogP contribution in [0, 0.1) is 0 Å². The standard InChI is InChI=1S/C20H28N4S/c1-4-17-14-18(20(25-17)22-5-2)19(21)23-12-13-24(6-3)15-16-10-8-7-9-11-16/h5,7-11,14,22H,2,4,6,12-13,15H2,1,3H3,(H2,21,23). The number of hydrogen-bond acceptors (Lipinski definition) is 4. The highest BCUT2D eigenvalue weighted by molar-refractivity contribution is 7.16. The number of aryl methyl sites for hydroxylation is 1. The van der Waals surface area contributed by atoms with Crippen molar-refractivity contribution >= 4 is 22.2 Å². The van der Waals surface area contributed by atoms with Crippen LogP contribution in [0.5, 0.6) is 0 Å². The fourth-order valence-electron chi connectivity index (χ4n) is 2.59. The van der Waals surface area contributed by atoms with Gasteiger partial charge in [-0.25, -0.2) is 0 Å². The van der Waals surface area contributed by atoms with Crippen molar-refractivity contribution in [1.82, 2.24) is 4.90 Å². The van der Waals surface area contributed by atoms with Gasteiger partial charge in [0.15, 0.2) is 0 Å². The summed E-state index contributed by atoms with van der Waals surface area (Å²) >= 11 is 1.70. The second kappa shape index (κ2) is 10.0. The molecule has 0 spiro atoms. The SMILES string of the molecule is C=CNc1sc(CC)cc1C(N)=NCCN(CC)Cc1ccccc1. The smallest absolute Gasteiger partial charge is 0.128 e. The molecule has 0 aliphatic carbocycles. The van der Waals surface area contributed by atoms with Gasteiger partial charge in [-0.1, -0.05) is 50.8 Å². The van der Waals surface area contributed by atoms with Gasteiger partial charge in [0, 0.05) is 18.0 Å². The Bertz CT molecular complexity index is 691. The fourth-order valence-corrected chi connectivity index (χ4v) is 3.59. The van der Waals surface area contributed by atoms with E-state index in [4.69, 9.17) is 5.73 Å². The van der Waals surface area contributed by atoms with E-state index in [1.165, 1.54) is 10.4 Å². The van der Waals surface area contributed by atoms with E-state index in [0.29, 0.717) is 12.4 Å². The van der Waals surface area contributed by atoms with Crippen molar-refractivity contribution in [2.75, 3.05) is 25.0 Å². The molecule has 5 heteroatoms. The molecule has 0 radical (unpaired) electrons. The third-order valence-electron chi connectivity index (χ3n) is 4.04. The molecule has 3 N–H and O–H groups in total. The Balaban J connectivity index is 1.98. The molecule has 0 unspecified atom stereocenters. The highest BCUT2D eigenvalue weighted by Gasteiger charge is 2.11. The Morgan fingerprint density at radius 2 is 2.08 bits per heavy atom. The molecule has 1 aromatic carbocycles. The van der Waals surface area contributed by atoms with Gasteiger partial charge in [-0.05, 0) is 30.8 Å². The minimum atomic E-state index is 0.594. The lowest BCUT2D eigenvalue weighted by atomic mass is 10.2. The predicted molar refractivity (Wildman–Crippen MR) is 111 cm³/mol. The van der Waals surface area contributed by atoms with Crippen LogP contribution in [0.1, 0.15) is 29.9 Å². The molecule has 0 saturated carbocycles. The zero-order valence-corrected chi connectivity index (χ0v) is 16.0. The van der Waals surface area contributed by atoms with E-state index in [-0.39, 0.29) is 0 Å². The quantitative estimate of drug-likeness (QED) is 0.498. The van der Waals surface area contributed by atoms with E-state index in [1.807, 2.05) is 6.07 Å². The third kappa shape index (κ3) is 5.73. The van der Waals surface area contributed by atoms with Crippen LogP contribution < -0.4 is 11.1 Å². The highest BCUT2D eigenvalue weighted by Crippen LogP contribution is 2.28. The van der Waals surface area contributed by atoms with Crippen molar-refractivity contribution in [3.05, 3.63) is 65.2 Å². The summed E-state index contributed by atoms with van der Waals surface area (Å²) in [6.07, 6.45) is 2.67. The van der Waals surface area contributed by atoms with Gasteiger partial charge in [-0.15, -0.1) is 11.3 Å². The maximum Gasteiger partial charge on any atom is 0.128 e. The molecule has 134 valence electrons. The summed E-state index contributed by atoms with van der Waals surface area (Å²) in [7, 11) is 0. The monoisotopic (exact) mass is 356 g/mol. The molecule has 2 aromatic rings. The van der Waals surface area contributed by atoms with Crippen LogP contribution in [0.15, 0.2) is 54.2 Å². The maximum absolute atomic E-state index is 6.24. The normalized spacial score (nSPS) is 11.7. The minimum Gasteiger partial charge on any atom is -0.383 e. The number of likely N-dealkylation sites (N-methyl/N-ethyl adjacent to an activating group) is 1. The number of nitrogens with zero attached hydrogens (tertiary/aromatic N) is 2. The van der Waals surface area contributed by atoms with E-state index in [2.05, 4.69) is 66.0 Å². The molecule has 4 nitrogen and oxygen atoms in total. The van der Waals surface area contributed by atoms with Gasteiger partial charge in [0.1, 0.15) is 10.8 Å². The van der Waals surface area contributed by atoms with Crippen LogP contribution in [-0.2, 0) is 13.0 Å². The number of aliphatic imine (C=N–C) groups is 1. The summed E-state index contributed by atoms with van der Waals surface area (Å²) in [5, 5.41) is 4.18. The van der Waals surface area contributed by atoms with E-state index in [1.54, 1.807) is 17.5 Å². The summed E-state index contributed by atoms with van der Waals surface area (Å²) < 4.78 is 0. The van der Waals surface area contributed by atoms with E-state index >= 15 is 0 Å². The van der Waals surface area contributed by atoms with Crippen molar-refractivity contribution in [1.29, 1.82) is 0 Å². The average molecular weight is 357 g/mol. The minimum absolute atomic E-state index is 0.594. The van der Waals surface area contributed by atoms with E-state index in [0.717, 1.165) is 36.6 Å². The Morgan fingerprint density at radius 3 is 2.72 bits per heavy atom. The number of thiophene rings is 1. The van der Waals surface area contributed by atoms with Crippen molar-refractivity contribution in [2.24, 2.45) is 10.7 Å². The first-order valence-corrected chi connectivity index (χ1v) is 9.56. The lowest BCUT2D eigenvalue weighted by molar-refractivity contribution is 0.288. The van der Waals surface area contributed by atoms with Gasteiger partial charge >= 0.3 is 0 Å². The summed E-state index contributed by atoms with van der Waals surface area (Å²) in [5.74, 6) is 0.594. The van der Waals surface area contributed by atoms with Gasteiger partial charge < -0.3 is 11.1 Å².